The van der Waals surface area contributed by atoms with E-state index in [1.807, 2.05) is 42.5 Å². The highest BCUT2D eigenvalue weighted by molar-refractivity contribution is 7.92. The number of hydrogen-bond donors (Lipinski definition) is 1. The highest BCUT2D eigenvalue weighted by Gasteiger charge is 2.37. The van der Waals surface area contributed by atoms with Crippen molar-refractivity contribution < 1.29 is 17.9 Å². The Morgan fingerprint density at radius 2 is 1.58 bits per heavy atom. The van der Waals surface area contributed by atoms with Crippen molar-refractivity contribution in [3.05, 3.63) is 103 Å². The number of rotatable bonds is 5. The molecular formula is C26H22N2O4S. The number of fused-ring (bicyclic) bond motifs is 2. The Kier molecular flexibility index (Phi) is 5.48. The van der Waals surface area contributed by atoms with E-state index in [-0.39, 0.29) is 17.3 Å². The van der Waals surface area contributed by atoms with E-state index >= 15 is 0 Å². The molecule has 1 aliphatic rings. The van der Waals surface area contributed by atoms with Crippen LogP contribution >= 0.6 is 0 Å². The molecule has 0 unspecified atom stereocenters. The van der Waals surface area contributed by atoms with Gasteiger partial charge in [0.1, 0.15) is 5.75 Å². The molecule has 5 rings (SSSR count). The SMILES string of the molecule is O=C(NCc1cccc2ccccc12)[C@H]1CN(S(=O)(=O)c2ccccc2)c2ccccc2O1. The first-order valence-electron chi connectivity index (χ1n) is 10.6. The van der Waals surface area contributed by atoms with Crippen LogP contribution in [-0.4, -0.2) is 27.0 Å². The zero-order valence-electron chi connectivity index (χ0n) is 17.7. The van der Waals surface area contributed by atoms with E-state index in [0.29, 0.717) is 18.0 Å². The Balaban J connectivity index is 1.41. The van der Waals surface area contributed by atoms with Crippen LogP contribution in [0.5, 0.6) is 5.75 Å². The summed E-state index contributed by atoms with van der Waals surface area (Å²) in [5, 5.41) is 5.07. The summed E-state index contributed by atoms with van der Waals surface area (Å²) < 4.78 is 33.9. The number of hydrogen-bond acceptors (Lipinski definition) is 4. The highest BCUT2D eigenvalue weighted by atomic mass is 32.2. The van der Waals surface area contributed by atoms with Crippen LogP contribution in [0.1, 0.15) is 5.56 Å². The van der Waals surface area contributed by atoms with Crippen molar-refractivity contribution in [3.63, 3.8) is 0 Å². The lowest BCUT2D eigenvalue weighted by atomic mass is 10.0. The lowest BCUT2D eigenvalue weighted by Crippen LogP contribution is -2.50. The first kappa shape index (κ1) is 21.0. The minimum atomic E-state index is -3.86. The molecule has 0 spiro atoms. The van der Waals surface area contributed by atoms with E-state index in [9.17, 15) is 13.2 Å². The summed E-state index contributed by atoms with van der Waals surface area (Å²) in [5.41, 5.74) is 1.39. The quantitative estimate of drug-likeness (QED) is 0.488. The van der Waals surface area contributed by atoms with Gasteiger partial charge in [-0.1, -0.05) is 72.8 Å². The Morgan fingerprint density at radius 1 is 0.879 bits per heavy atom. The van der Waals surface area contributed by atoms with Crippen LogP contribution in [0.4, 0.5) is 5.69 Å². The van der Waals surface area contributed by atoms with Gasteiger partial charge in [-0.3, -0.25) is 9.10 Å². The molecule has 1 heterocycles. The van der Waals surface area contributed by atoms with Crippen molar-refractivity contribution >= 4 is 32.4 Å². The van der Waals surface area contributed by atoms with Crippen molar-refractivity contribution in [3.8, 4) is 5.75 Å². The second kappa shape index (κ2) is 8.60. The number of nitrogens with zero attached hydrogens (tertiary/aromatic N) is 1. The van der Waals surface area contributed by atoms with Gasteiger partial charge in [-0.05, 0) is 40.6 Å². The van der Waals surface area contributed by atoms with Gasteiger partial charge in [0.2, 0.25) is 0 Å². The number of carbonyl (C=O) groups is 1. The molecule has 1 atom stereocenters. The first-order chi connectivity index (χ1) is 16.0. The summed E-state index contributed by atoms with van der Waals surface area (Å²) in [4.78, 5) is 13.2. The number of amides is 1. The summed E-state index contributed by atoms with van der Waals surface area (Å²) in [5.74, 6) is -0.0146. The fraction of sp³-hybridized carbons (Fsp3) is 0.115. The standard InChI is InChI=1S/C26H22N2O4S/c29-26(27-17-20-11-8-10-19-9-4-5-14-22(19)20)25-18-28(23-15-6-7-16-24(23)32-25)33(30,31)21-12-2-1-3-13-21/h1-16,25H,17-18H2,(H,27,29)/t25-/m1/s1. The molecule has 166 valence electrons. The second-order valence-corrected chi connectivity index (χ2v) is 9.64. The summed E-state index contributed by atoms with van der Waals surface area (Å²) in [6, 6.07) is 29.0. The van der Waals surface area contributed by atoms with Crippen LogP contribution in [0.25, 0.3) is 10.8 Å². The van der Waals surface area contributed by atoms with Gasteiger partial charge in [0.15, 0.2) is 6.10 Å². The van der Waals surface area contributed by atoms with Crippen LogP contribution in [0.2, 0.25) is 0 Å². The Hall–Kier alpha value is -3.84. The maximum atomic E-state index is 13.4. The number of ether oxygens (including phenoxy) is 1. The van der Waals surface area contributed by atoms with E-state index in [4.69, 9.17) is 4.74 Å². The molecule has 4 aromatic rings. The molecule has 7 heteroatoms. The number of carbonyl (C=O) groups excluding carboxylic acids is 1. The molecular weight excluding hydrogens is 436 g/mol. The maximum absolute atomic E-state index is 13.4. The summed E-state index contributed by atoms with van der Waals surface area (Å²) >= 11 is 0. The van der Waals surface area contributed by atoms with E-state index in [1.165, 1.54) is 4.31 Å². The zero-order valence-corrected chi connectivity index (χ0v) is 18.5. The van der Waals surface area contributed by atoms with Gasteiger partial charge >= 0.3 is 0 Å². The molecule has 4 aromatic carbocycles. The van der Waals surface area contributed by atoms with Crippen molar-refractivity contribution in [1.29, 1.82) is 0 Å². The van der Waals surface area contributed by atoms with Crippen molar-refractivity contribution in [2.24, 2.45) is 0 Å². The Labute approximate surface area is 192 Å². The average Bonchev–Trinajstić information content (AvgIpc) is 2.87. The van der Waals surface area contributed by atoms with Gasteiger partial charge in [0.05, 0.1) is 17.1 Å². The number of sulfonamides is 1. The van der Waals surface area contributed by atoms with E-state index in [2.05, 4.69) is 5.32 Å². The fourth-order valence-corrected chi connectivity index (χ4v) is 5.53. The van der Waals surface area contributed by atoms with E-state index in [1.54, 1.807) is 54.6 Å². The van der Waals surface area contributed by atoms with Crippen LogP contribution in [0, 0.1) is 0 Å². The highest BCUT2D eigenvalue weighted by Crippen LogP contribution is 2.36. The number of nitrogens with one attached hydrogen (secondary N) is 1. The minimum Gasteiger partial charge on any atom is -0.476 e. The molecule has 1 N–H and O–H groups in total. The van der Waals surface area contributed by atoms with Crippen LogP contribution in [0.3, 0.4) is 0 Å². The third-order valence-electron chi connectivity index (χ3n) is 5.69. The second-order valence-electron chi connectivity index (χ2n) is 7.78. The smallest absolute Gasteiger partial charge is 0.264 e. The molecule has 1 amide bonds. The minimum absolute atomic E-state index is 0.115. The molecule has 0 radical (unpaired) electrons. The van der Waals surface area contributed by atoms with E-state index in [0.717, 1.165) is 16.3 Å². The Morgan fingerprint density at radius 3 is 2.42 bits per heavy atom. The summed E-state index contributed by atoms with van der Waals surface area (Å²) in [7, 11) is -3.86. The molecule has 6 nitrogen and oxygen atoms in total. The van der Waals surface area contributed by atoms with Gasteiger partial charge in [0, 0.05) is 6.54 Å². The summed E-state index contributed by atoms with van der Waals surface area (Å²) in [6.45, 7) is 0.197. The number of para-hydroxylation sites is 2. The van der Waals surface area contributed by atoms with Crippen LogP contribution in [-0.2, 0) is 21.4 Å². The molecule has 33 heavy (non-hydrogen) atoms. The van der Waals surface area contributed by atoms with Gasteiger partial charge in [0.25, 0.3) is 15.9 Å². The lowest BCUT2D eigenvalue weighted by molar-refractivity contribution is -0.127. The fourth-order valence-electron chi connectivity index (χ4n) is 4.03. The molecule has 0 aliphatic carbocycles. The third-order valence-corrected chi connectivity index (χ3v) is 7.49. The molecule has 0 saturated heterocycles. The lowest BCUT2D eigenvalue weighted by Gasteiger charge is -2.34. The topological polar surface area (TPSA) is 75.7 Å². The molecule has 0 aromatic heterocycles. The van der Waals surface area contributed by atoms with Gasteiger partial charge in [-0.15, -0.1) is 0 Å². The molecule has 0 fully saturated rings. The van der Waals surface area contributed by atoms with Crippen molar-refractivity contribution in [2.45, 2.75) is 17.5 Å². The largest absolute Gasteiger partial charge is 0.476 e. The van der Waals surface area contributed by atoms with Gasteiger partial charge in [-0.25, -0.2) is 8.42 Å². The molecule has 0 saturated carbocycles. The van der Waals surface area contributed by atoms with E-state index < -0.39 is 16.1 Å². The predicted molar refractivity (Wildman–Crippen MR) is 128 cm³/mol. The van der Waals surface area contributed by atoms with Gasteiger partial charge in [-0.2, -0.15) is 0 Å². The average molecular weight is 459 g/mol. The maximum Gasteiger partial charge on any atom is 0.264 e. The molecule has 1 aliphatic heterocycles. The number of anilines is 1. The van der Waals surface area contributed by atoms with Crippen molar-refractivity contribution in [2.75, 3.05) is 10.8 Å². The molecule has 0 bridgehead atoms. The monoisotopic (exact) mass is 458 g/mol. The number of benzene rings is 4. The predicted octanol–water partition coefficient (Wildman–Crippen LogP) is 4.11. The summed E-state index contributed by atoms with van der Waals surface area (Å²) in [6.07, 6.45) is -0.978. The zero-order chi connectivity index (χ0) is 22.8. The first-order valence-corrected chi connectivity index (χ1v) is 12.1. The third kappa shape index (κ3) is 4.03. The van der Waals surface area contributed by atoms with Gasteiger partial charge < -0.3 is 10.1 Å². The van der Waals surface area contributed by atoms with Crippen LogP contribution in [0.15, 0.2) is 102 Å². The normalized spacial score (nSPS) is 15.5. The van der Waals surface area contributed by atoms with Crippen molar-refractivity contribution in [1.82, 2.24) is 5.32 Å². The Bertz CT molecular complexity index is 1420. The van der Waals surface area contributed by atoms with Crippen LogP contribution < -0.4 is 14.4 Å².